The summed E-state index contributed by atoms with van der Waals surface area (Å²) in [6, 6.07) is 6.73. The van der Waals surface area contributed by atoms with Crippen LogP contribution in [0.15, 0.2) is 24.3 Å². The standard InChI is InChI=1S/C22H32N2O5/c1-6-15(4)28-20(25)13-19-21(26)23-11-12-24(19)22(27)16(5)29-18-9-7-17(8-10-18)14(2)3/h7-10,14-16,19H,6,11-13H2,1-5H3,(H,23,26). The highest BCUT2D eigenvalue weighted by molar-refractivity contribution is 5.93. The number of rotatable bonds is 8. The van der Waals surface area contributed by atoms with Crippen LogP contribution in [-0.4, -0.2) is 54.0 Å². The highest BCUT2D eigenvalue weighted by atomic mass is 16.5. The Labute approximate surface area is 172 Å². The van der Waals surface area contributed by atoms with Gasteiger partial charge in [-0.05, 0) is 43.9 Å². The van der Waals surface area contributed by atoms with Crippen LogP contribution in [0.2, 0.25) is 0 Å². The lowest BCUT2D eigenvalue weighted by Crippen LogP contribution is -2.60. The Morgan fingerprint density at radius 3 is 2.41 bits per heavy atom. The van der Waals surface area contributed by atoms with Crippen LogP contribution in [-0.2, 0) is 19.1 Å². The van der Waals surface area contributed by atoms with Crippen molar-refractivity contribution in [3.63, 3.8) is 0 Å². The van der Waals surface area contributed by atoms with E-state index in [0.29, 0.717) is 31.2 Å². The van der Waals surface area contributed by atoms with Gasteiger partial charge in [-0.2, -0.15) is 0 Å². The highest BCUT2D eigenvalue weighted by Crippen LogP contribution is 2.21. The molecule has 1 aliphatic heterocycles. The molecule has 3 atom stereocenters. The number of benzene rings is 1. The van der Waals surface area contributed by atoms with Gasteiger partial charge >= 0.3 is 5.97 Å². The molecule has 1 N–H and O–H groups in total. The average Bonchev–Trinajstić information content (AvgIpc) is 2.69. The first-order valence-corrected chi connectivity index (χ1v) is 10.3. The molecule has 0 aromatic heterocycles. The summed E-state index contributed by atoms with van der Waals surface area (Å²) in [6.45, 7) is 10.2. The fourth-order valence-corrected chi connectivity index (χ4v) is 3.11. The van der Waals surface area contributed by atoms with Gasteiger partial charge in [0.05, 0.1) is 12.5 Å². The van der Waals surface area contributed by atoms with Gasteiger partial charge in [0.2, 0.25) is 5.91 Å². The first-order valence-electron chi connectivity index (χ1n) is 10.3. The van der Waals surface area contributed by atoms with Crippen molar-refractivity contribution in [1.82, 2.24) is 10.2 Å². The first-order chi connectivity index (χ1) is 13.7. The Bertz CT molecular complexity index is 716. The first kappa shape index (κ1) is 22.7. The molecule has 160 valence electrons. The van der Waals surface area contributed by atoms with E-state index < -0.39 is 18.1 Å². The number of piperazine rings is 1. The second-order valence-electron chi connectivity index (χ2n) is 7.74. The molecule has 2 rings (SSSR count). The zero-order valence-electron chi connectivity index (χ0n) is 17.9. The van der Waals surface area contributed by atoms with Gasteiger partial charge in [0, 0.05) is 13.1 Å². The predicted octanol–water partition coefficient (Wildman–Crippen LogP) is 2.64. The van der Waals surface area contributed by atoms with E-state index in [1.54, 1.807) is 13.8 Å². The van der Waals surface area contributed by atoms with E-state index in [0.717, 1.165) is 0 Å². The molecule has 7 nitrogen and oxygen atoms in total. The molecule has 1 fully saturated rings. The Morgan fingerprint density at radius 1 is 1.17 bits per heavy atom. The van der Waals surface area contributed by atoms with Gasteiger partial charge in [0.15, 0.2) is 6.10 Å². The average molecular weight is 405 g/mol. The van der Waals surface area contributed by atoms with Crippen molar-refractivity contribution in [2.75, 3.05) is 13.1 Å². The van der Waals surface area contributed by atoms with E-state index >= 15 is 0 Å². The molecule has 0 spiro atoms. The van der Waals surface area contributed by atoms with Gasteiger partial charge in [-0.1, -0.05) is 32.9 Å². The molecule has 0 aliphatic carbocycles. The number of carbonyl (C=O) groups is 3. The van der Waals surface area contributed by atoms with Crippen LogP contribution in [0, 0.1) is 0 Å². The van der Waals surface area contributed by atoms with Crippen molar-refractivity contribution in [3.8, 4) is 5.75 Å². The highest BCUT2D eigenvalue weighted by Gasteiger charge is 2.37. The second kappa shape index (κ2) is 10.3. The van der Waals surface area contributed by atoms with Gasteiger partial charge < -0.3 is 19.7 Å². The molecule has 0 radical (unpaired) electrons. The maximum atomic E-state index is 13.0. The number of esters is 1. The van der Waals surface area contributed by atoms with Crippen LogP contribution < -0.4 is 10.1 Å². The zero-order valence-corrected chi connectivity index (χ0v) is 17.9. The van der Waals surface area contributed by atoms with Crippen molar-refractivity contribution in [1.29, 1.82) is 0 Å². The number of carbonyl (C=O) groups excluding carboxylic acids is 3. The number of amides is 2. The van der Waals surface area contributed by atoms with Crippen molar-refractivity contribution in [2.45, 2.75) is 71.6 Å². The number of hydrogen-bond acceptors (Lipinski definition) is 5. The largest absolute Gasteiger partial charge is 0.481 e. The molecule has 0 saturated carbocycles. The molecule has 29 heavy (non-hydrogen) atoms. The molecule has 2 amide bonds. The van der Waals surface area contributed by atoms with Crippen LogP contribution in [0.5, 0.6) is 5.75 Å². The van der Waals surface area contributed by atoms with E-state index in [1.165, 1.54) is 10.5 Å². The summed E-state index contributed by atoms with van der Waals surface area (Å²) in [4.78, 5) is 38.9. The second-order valence-corrected chi connectivity index (χ2v) is 7.74. The SMILES string of the molecule is CCC(C)OC(=O)CC1C(=O)NCCN1C(=O)C(C)Oc1ccc(C(C)C)cc1. The lowest BCUT2D eigenvalue weighted by atomic mass is 10.0. The summed E-state index contributed by atoms with van der Waals surface area (Å²) in [5.41, 5.74) is 1.18. The summed E-state index contributed by atoms with van der Waals surface area (Å²) in [5, 5.41) is 2.71. The molecular weight excluding hydrogens is 372 g/mol. The van der Waals surface area contributed by atoms with Crippen molar-refractivity contribution in [3.05, 3.63) is 29.8 Å². The zero-order chi connectivity index (χ0) is 21.6. The molecule has 1 aromatic rings. The quantitative estimate of drug-likeness (QED) is 0.674. The van der Waals surface area contributed by atoms with Gasteiger partial charge in [0.1, 0.15) is 11.8 Å². The van der Waals surface area contributed by atoms with Gasteiger partial charge in [-0.25, -0.2) is 0 Å². The van der Waals surface area contributed by atoms with Crippen molar-refractivity contribution >= 4 is 17.8 Å². The maximum absolute atomic E-state index is 13.0. The smallest absolute Gasteiger partial charge is 0.308 e. The van der Waals surface area contributed by atoms with Crippen LogP contribution in [0.4, 0.5) is 0 Å². The minimum absolute atomic E-state index is 0.169. The van der Waals surface area contributed by atoms with Crippen LogP contribution >= 0.6 is 0 Å². The Kier molecular flexibility index (Phi) is 8.05. The van der Waals surface area contributed by atoms with E-state index in [2.05, 4.69) is 19.2 Å². The Balaban J connectivity index is 2.04. The third-order valence-corrected chi connectivity index (χ3v) is 5.09. The number of ether oxygens (including phenoxy) is 2. The summed E-state index contributed by atoms with van der Waals surface area (Å²) in [7, 11) is 0. The van der Waals surface area contributed by atoms with E-state index in [1.807, 2.05) is 31.2 Å². The molecule has 1 aliphatic rings. The molecule has 1 saturated heterocycles. The minimum atomic E-state index is -0.887. The molecule has 1 aromatic carbocycles. The molecule has 0 bridgehead atoms. The lowest BCUT2D eigenvalue weighted by Gasteiger charge is -2.36. The summed E-state index contributed by atoms with van der Waals surface area (Å²) < 4.78 is 11.1. The molecular formula is C22H32N2O5. The van der Waals surface area contributed by atoms with Crippen molar-refractivity contribution < 1.29 is 23.9 Å². The molecule has 1 heterocycles. The molecule has 7 heteroatoms. The number of nitrogens with one attached hydrogen (secondary N) is 1. The van der Waals surface area contributed by atoms with Gasteiger partial charge in [-0.15, -0.1) is 0 Å². The Morgan fingerprint density at radius 2 is 1.83 bits per heavy atom. The number of nitrogens with zero attached hydrogens (tertiary/aromatic N) is 1. The maximum Gasteiger partial charge on any atom is 0.308 e. The van der Waals surface area contributed by atoms with Crippen LogP contribution in [0.3, 0.4) is 0 Å². The van der Waals surface area contributed by atoms with E-state index in [9.17, 15) is 14.4 Å². The fraction of sp³-hybridized carbons (Fsp3) is 0.591. The topological polar surface area (TPSA) is 84.9 Å². The third kappa shape index (κ3) is 6.21. The van der Waals surface area contributed by atoms with Gasteiger partial charge in [0.25, 0.3) is 5.91 Å². The summed E-state index contributed by atoms with van der Waals surface area (Å²) in [6.07, 6.45) is -0.489. The Hall–Kier alpha value is -2.57. The normalized spacial score (nSPS) is 18.8. The van der Waals surface area contributed by atoms with Gasteiger partial charge in [-0.3, -0.25) is 14.4 Å². The summed E-state index contributed by atoms with van der Waals surface area (Å²) >= 11 is 0. The summed E-state index contributed by atoms with van der Waals surface area (Å²) in [5.74, 6) is -0.166. The monoisotopic (exact) mass is 404 g/mol. The number of hydrogen-bond donors (Lipinski definition) is 1. The minimum Gasteiger partial charge on any atom is -0.481 e. The van der Waals surface area contributed by atoms with Crippen molar-refractivity contribution in [2.24, 2.45) is 0 Å². The van der Waals surface area contributed by atoms with E-state index in [-0.39, 0.29) is 24.3 Å². The van der Waals surface area contributed by atoms with Crippen LogP contribution in [0.1, 0.15) is 58.9 Å². The third-order valence-electron chi connectivity index (χ3n) is 5.09. The van der Waals surface area contributed by atoms with Crippen LogP contribution in [0.25, 0.3) is 0 Å². The van der Waals surface area contributed by atoms with E-state index in [4.69, 9.17) is 9.47 Å². The fourth-order valence-electron chi connectivity index (χ4n) is 3.11. The predicted molar refractivity (Wildman–Crippen MR) is 110 cm³/mol. The lowest BCUT2D eigenvalue weighted by molar-refractivity contribution is -0.156. The molecule has 3 unspecified atom stereocenters.